The van der Waals surface area contributed by atoms with Crippen molar-refractivity contribution in [1.29, 1.82) is 0 Å². The number of carboxylic acids is 1. The zero-order valence-electron chi connectivity index (χ0n) is 30.8. The summed E-state index contributed by atoms with van der Waals surface area (Å²) in [6.45, 7) is 7.40. The summed E-state index contributed by atoms with van der Waals surface area (Å²) in [5.41, 5.74) is 4.37. The topological polar surface area (TPSA) is 128 Å². The average Bonchev–Trinajstić information content (AvgIpc) is 3.12. The molecule has 0 bridgehead atoms. The molecule has 4 rings (SSSR count). The highest BCUT2D eigenvalue weighted by atomic mass is 79.9. The van der Waals surface area contributed by atoms with Crippen molar-refractivity contribution in [1.82, 2.24) is 0 Å². The van der Waals surface area contributed by atoms with Crippen molar-refractivity contribution in [3.63, 3.8) is 0 Å². The van der Waals surface area contributed by atoms with E-state index in [4.69, 9.17) is 43.0 Å². The van der Waals surface area contributed by atoms with E-state index in [0.29, 0.717) is 62.7 Å². The lowest BCUT2D eigenvalue weighted by Gasteiger charge is -2.19. The molecule has 13 heteroatoms. The Morgan fingerprint density at radius 3 is 1.27 bits per heavy atom. The van der Waals surface area contributed by atoms with Crippen molar-refractivity contribution < 1.29 is 52.6 Å². The van der Waals surface area contributed by atoms with Crippen LogP contribution in [-0.2, 0) is 0 Å². The zero-order chi connectivity index (χ0) is 38.6. The maximum Gasteiger partial charge on any atom is 0.339 e. The number of hydrogen-bond donors (Lipinski definition) is 1. The van der Waals surface area contributed by atoms with Crippen LogP contribution in [0.1, 0.15) is 48.5 Å². The summed E-state index contributed by atoms with van der Waals surface area (Å²) >= 11 is 6.73. The predicted molar refractivity (Wildman–Crippen MR) is 203 cm³/mol. The van der Waals surface area contributed by atoms with Gasteiger partial charge in [-0.1, -0.05) is 31.9 Å². The molecule has 0 radical (unpaired) electrons. The van der Waals surface area contributed by atoms with Crippen LogP contribution in [0.2, 0.25) is 0 Å². The van der Waals surface area contributed by atoms with Crippen molar-refractivity contribution in [3.05, 3.63) is 90.4 Å². The Bertz CT molecular complexity index is 1830. The number of aryl methyl sites for hydroxylation is 2. The SMILES string of the molecule is COc1cc(C)c(C(=O)c2c(OC)ccc(Br)c2C)c(OC)c1OC.COc1cc(C)cc(OC)c1OC.COc1ccc(Br)c(C)c1C(=O)O. The van der Waals surface area contributed by atoms with E-state index in [1.54, 1.807) is 59.6 Å². The number of ether oxygens (including phenoxy) is 8. The molecule has 0 aromatic heterocycles. The molecule has 0 aliphatic rings. The van der Waals surface area contributed by atoms with Gasteiger partial charge in [-0.25, -0.2) is 4.79 Å². The monoisotopic (exact) mass is 834 g/mol. The molecule has 51 heavy (non-hydrogen) atoms. The van der Waals surface area contributed by atoms with E-state index in [9.17, 15) is 9.59 Å². The van der Waals surface area contributed by atoms with Gasteiger partial charge in [0.05, 0.1) is 68.0 Å². The van der Waals surface area contributed by atoms with Gasteiger partial charge in [-0.05, 0) is 92.4 Å². The van der Waals surface area contributed by atoms with E-state index in [-0.39, 0.29) is 11.3 Å². The quantitative estimate of drug-likeness (QED) is 0.146. The summed E-state index contributed by atoms with van der Waals surface area (Å²) in [5.74, 6) is 2.95. The van der Waals surface area contributed by atoms with Crippen molar-refractivity contribution >= 4 is 43.6 Å². The second-order valence-corrected chi connectivity index (χ2v) is 12.4. The highest BCUT2D eigenvalue weighted by Gasteiger charge is 2.28. The number of hydrogen-bond acceptors (Lipinski definition) is 10. The Hall–Kier alpha value is -4.62. The fraction of sp³-hybridized carbons (Fsp3) is 0.316. The standard InChI is InChI=1S/C19H21BrO5.C10H14O3.C9H9BrO3/c1-10-9-14(23-4)18(24-5)19(25-6)15(10)17(21)16-11(2)12(20)7-8-13(16)22-3;1-7-5-8(11-2)10(13-4)9(6-7)12-3;1-5-6(10)3-4-7(13-2)8(5)9(11)12/h7-9H,1-6H3;5-6H,1-4H3;3-4H,1-2H3,(H,11,12). The first kappa shape index (κ1) is 42.5. The van der Waals surface area contributed by atoms with E-state index in [2.05, 4.69) is 31.9 Å². The van der Waals surface area contributed by atoms with Crippen molar-refractivity contribution in [3.8, 4) is 46.0 Å². The number of benzene rings is 4. The van der Waals surface area contributed by atoms with Gasteiger partial charge in [-0.3, -0.25) is 4.79 Å². The summed E-state index contributed by atoms with van der Waals surface area (Å²) in [6.07, 6.45) is 0. The molecule has 276 valence electrons. The molecule has 0 atom stereocenters. The first-order chi connectivity index (χ1) is 24.2. The van der Waals surface area contributed by atoms with Crippen LogP contribution >= 0.6 is 31.9 Å². The van der Waals surface area contributed by atoms with Gasteiger partial charge < -0.3 is 43.0 Å². The van der Waals surface area contributed by atoms with Crippen molar-refractivity contribution in [2.75, 3.05) is 56.9 Å². The van der Waals surface area contributed by atoms with Crippen molar-refractivity contribution in [2.24, 2.45) is 0 Å². The van der Waals surface area contributed by atoms with Crippen LogP contribution in [0, 0.1) is 27.7 Å². The third kappa shape index (κ3) is 9.79. The molecule has 1 N–H and O–H groups in total. The molecule has 0 amide bonds. The number of carbonyl (C=O) groups is 2. The van der Waals surface area contributed by atoms with Gasteiger partial charge in [0.1, 0.15) is 17.1 Å². The van der Waals surface area contributed by atoms with E-state index >= 15 is 0 Å². The molecular weight excluding hydrogens is 792 g/mol. The maximum absolute atomic E-state index is 13.4. The smallest absolute Gasteiger partial charge is 0.339 e. The van der Waals surface area contributed by atoms with Gasteiger partial charge in [0.2, 0.25) is 17.3 Å². The normalized spacial score (nSPS) is 10.0. The molecule has 0 aliphatic carbocycles. The number of ketones is 1. The van der Waals surface area contributed by atoms with Gasteiger partial charge in [-0.15, -0.1) is 0 Å². The number of carbonyl (C=O) groups excluding carboxylic acids is 1. The van der Waals surface area contributed by atoms with Crippen LogP contribution in [0.4, 0.5) is 0 Å². The van der Waals surface area contributed by atoms with Crippen LogP contribution in [0.3, 0.4) is 0 Å². The zero-order valence-corrected chi connectivity index (χ0v) is 34.0. The fourth-order valence-corrected chi connectivity index (χ4v) is 5.77. The number of aromatic carboxylic acids is 1. The van der Waals surface area contributed by atoms with Crippen LogP contribution < -0.4 is 37.9 Å². The Morgan fingerprint density at radius 2 is 0.882 bits per heavy atom. The van der Waals surface area contributed by atoms with E-state index in [1.807, 2.05) is 39.0 Å². The molecule has 0 unspecified atom stereocenters. The second kappa shape index (κ2) is 19.7. The van der Waals surface area contributed by atoms with Gasteiger partial charge in [0.25, 0.3) is 0 Å². The molecular formula is C38H44Br2O11. The third-order valence-electron chi connectivity index (χ3n) is 7.67. The van der Waals surface area contributed by atoms with Gasteiger partial charge in [0.15, 0.2) is 23.0 Å². The number of carboxylic acid groups (broad SMARTS) is 1. The minimum Gasteiger partial charge on any atom is -0.496 e. The minimum atomic E-state index is -0.976. The van der Waals surface area contributed by atoms with Crippen molar-refractivity contribution in [2.45, 2.75) is 27.7 Å². The molecule has 11 nitrogen and oxygen atoms in total. The van der Waals surface area contributed by atoms with Gasteiger partial charge in [-0.2, -0.15) is 0 Å². The van der Waals surface area contributed by atoms with Gasteiger partial charge in [0, 0.05) is 8.95 Å². The van der Waals surface area contributed by atoms with Crippen LogP contribution in [0.15, 0.2) is 51.4 Å². The highest BCUT2D eigenvalue weighted by molar-refractivity contribution is 9.10. The lowest BCUT2D eigenvalue weighted by Crippen LogP contribution is -2.11. The summed E-state index contributed by atoms with van der Waals surface area (Å²) in [7, 11) is 12.4. The third-order valence-corrected chi connectivity index (χ3v) is 9.38. The van der Waals surface area contributed by atoms with E-state index in [0.717, 1.165) is 25.6 Å². The molecule has 4 aromatic carbocycles. The number of halogens is 2. The minimum absolute atomic E-state index is 0.203. The number of methoxy groups -OCH3 is 8. The molecule has 0 aliphatic heterocycles. The largest absolute Gasteiger partial charge is 0.496 e. The molecule has 0 fully saturated rings. The molecule has 0 saturated heterocycles. The maximum atomic E-state index is 13.4. The first-order valence-corrected chi connectivity index (χ1v) is 16.8. The Labute approximate surface area is 315 Å². The molecule has 4 aromatic rings. The molecule has 0 heterocycles. The first-order valence-electron chi connectivity index (χ1n) is 15.2. The Kier molecular flexibility index (Phi) is 16.4. The van der Waals surface area contributed by atoms with Crippen LogP contribution in [-0.4, -0.2) is 73.7 Å². The van der Waals surface area contributed by atoms with E-state index in [1.165, 1.54) is 28.4 Å². The summed E-state index contributed by atoms with van der Waals surface area (Å²) in [6, 6.07) is 12.6. The Balaban J connectivity index is 0.000000292. The average molecular weight is 837 g/mol. The predicted octanol–water partition coefficient (Wildman–Crippen LogP) is 8.82. The van der Waals surface area contributed by atoms with Crippen LogP contribution in [0.25, 0.3) is 0 Å². The lowest BCUT2D eigenvalue weighted by atomic mass is 9.93. The fourth-order valence-electron chi connectivity index (χ4n) is 5.11. The second-order valence-electron chi connectivity index (χ2n) is 10.7. The Morgan fingerprint density at radius 1 is 0.490 bits per heavy atom. The summed E-state index contributed by atoms with van der Waals surface area (Å²) in [4.78, 5) is 24.2. The number of rotatable bonds is 11. The lowest BCUT2D eigenvalue weighted by molar-refractivity contribution is 0.0692. The van der Waals surface area contributed by atoms with Crippen LogP contribution in [0.5, 0.6) is 46.0 Å². The molecule has 0 spiro atoms. The van der Waals surface area contributed by atoms with Gasteiger partial charge >= 0.3 is 5.97 Å². The van der Waals surface area contributed by atoms with E-state index < -0.39 is 5.97 Å². The molecule has 0 saturated carbocycles. The highest BCUT2D eigenvalue weighted by Crippen LogP contribution is 2.44. The summed E-state index contributed by atoms with van der Waals surface area (Å²) in [5, 5.41) is 8.90. The summed E-state index contributed by atoms with van der Waals surface area (Å²) < 4.78 is 43.7.